The zero-order valence-electron chi connectivity index (χ0n) is 10.1. The molecule has 1 aromatic carbocycles. The Morgan fingerprint density at radius 2 is 1.95 bits per heavy atom. The molecule has 0 saturated carbocycles. The summed E-state index contributed by atoms with van der Waals surface area (Å²) in [5.74, 6) is -4.50. The van der Waals surface area contributed by atoms with Crippen molar-refractivity contribution in [1.29, 1.82) is 0 Å². The van der Waals surface area contributed by atoms with E-state index in [4.69, 9.17) is 10.3 Å². The van der Waals surface area contributed by atoms with Crippen molar-refractivity contribution >= 4 is 21.8 Å². The molecule has 6 nitrogen and oxygen atoms in total. The van der Waals surface area contributed by atoms with Gasteiger partial charge in [0.25, 0.3) is 10.1 Å². The van der Waals surface area contributed by atoms with Gasteiger partial charge in [-0.3, -0.25) is 4.55 Å². The fourth-order valence-corrected chi connectivity index (χ4v) is 1.92. The van der Waals surface area contributed by atoms with Gasteiger partial charge in [-0.25, -0.2) is 9.18 Å². The third-order valence-electron chi connectivity index (χ3n) is 2.21. The van der Waals surface area contributed by atoms with Crippen molar-refractivity contribution < 1.29 is 40.1 Å². The molecule has 3 N–H and O–H groups in total. The summed E-state index contributed by atoms with van der Waals surface area (Å²) in [5.41, 5.74) is 4.24. The number of nitrogens with two attached hydrogens (primary N) is 1. The van der Waals surface area contributed by atoms with Gasteiger partial charge in [-0.15, -0.1) is 0 Å². The van der Waals surface area contributed by atoms with Crippen molar-refractivity contribution in [2.24, 2.45) is 0 Å². The van der Waals surface area contributed by atoms with E-state index in [0.717, 1.165) is 12.1 Å². The maximum Gasteiger partial charge on any atom is 0.426 e. The van der Waals surface area contributed by atoms with Gasteiger partial charge in [0.1, 0.15) is 11.6 Å². The number of rotatable bonds is 4. The molecule has 118 valence electrons. The first-order chi connectivity index (χ1) is 9.40. The lowest BCUT2D eigenvalue weighted by atomic mass is 10.2. The Bertz CT molecular complexity index is 643. The van der Waals surface area contributed by atoms with Crippen molar-refractivity contribution in [2.45, 2.75) is 12.3 Å². The fourth-order valence-electron chi connectivity index (χ4n) is 1.28. The van der Waals surface area contributed by atoms with Crippen molar-refractivity contribution in [3.8, 4) is 0 Å². The summed E-state index contributed by atoms with van der Waals surface area (Å²) >= 11 is 0. The third kappa shape index (κ3) is 5.19. The Labute approximate surface area is 116 Å². The number of anilines is 1. The van der Waals surface area contributed by atoms with Crippen molar-refractivity contribution in [1.82, 2.24) is 0 Å². The molecule has 0 saturated heterocycles. The molecule has 1 atom stereocenters. The lowest BCUT2D eigenvalue weighted by molar-refractivity contribution is -0.197. The number of nitrogen functional groups attached to an aromatic ring is 1. The van der Waals surface area contributed by atoms with Crippen LogP contribution in [0.4, 0.5) is 23.2 Å². The molecule has 1 rings (SSSR count). The van der Waals surface area contributed by atoms with E-state index in [1.165, 1.54) is 0 Å². The Hall–Kier alpha value is -1.88. The first kappa shape index (κ1) is 17.2. The fraction of sp³-hybridized carbons (Fsp3) is 0.300. The maximum atomic E-state index is 12.9. The third-order valence-corrected chi connectivity index (χ3v) is 2.94. The highest BCUT2D eigenvalue weighted by Crippen LogP contribution is 2.26. The summed E-state index contributed by atoms with van der Waals surface area (Å²) in [6, 6.07) is 2.33. The average molecular weight is 331 g/mol. The molecule has 0 amide bonds. The number of benzene rings is 1. The lowest BCUT2D eigenvalue weighted by Gasteiger charge is -2.19. The zero-order chi connectivity index (χ0) is 16.4. The number of carbonyl (C=O) groups excluding carboxylic acids is 1. The van der Waals surface area contributed by atoms with Gasteiger partial charge in [-0.05, 0) is 18.2 Å². The van der Waals surface area contributed by atoms with E-state index < -0.39 is 45.5 Å². The number of esters is 1. The second-order valence-electron chi connectivity index (χ2n) is 3.92. The SMILES string of the molecule is Nc1ccc(F)cc1C(=O)OC(CS(=O)(=O)O)C(F)(F)F. The van der Waals surface area contributed by atoms with Crippen molar-refractivity contribution in [3.63, 3.8) is 0 Å². The van der Waals surface area contributed by atoms with Gasteiger partial charge in [0, 0.05) is 5.69 Å². The second-order valence-corrected chi connectivity index (χ2v) is 5.41. The van der Waals surface area contributed by atoms with Gasteiger partial charge in [0.05, 0.1) is 5.56 Å². The van der Waals surface area contributed by atoms with Gasteiger partial charge in [0.2, 0.25) is 6.10 Å². The van der Waals surface area contributed by atoms with Gasteiger partial charge >= 0.3 is 12.1 Å². The molecule has 1 aromatic rings. The highest BCUT2D eigenvalue weighted by Gasteiger charge is 2.45. The molecule has 0 aromatic heterocycles. The summed E-state index contributed by atoms with van der Waals surface area (Å²) in [4.78, 5) is 11.5. The lowest BCUT2D eigenvalue weighted by Crippen LogP contribution is -2.39. The zero-order valence-corrected chi connectivity index (χ0v) is 10.9. The van der Waals surface area contributed by atoms with Gasteiger partial charge in [0.15, 0.2) is 0 Å². The Balaban J connectivity index is 3.03. The highest BCUT2D eigenvalue weighted by atomic mass is 32.2. The molecule has 1 unspecified atom stereocenters. The number of hydrogen-bond donors (Lipinski definition) is 2. The summed E-state index contributed by atoms with van der Waals surface area (Å²) in [7, 11) is -5.06. The largest absolute Gasteiger partial charge is 0.448 e. The van der Waals surface area contributed by atoms with E-state index >= 15 is 0 Å². The van der Waals surface area contributed by atoms with E-state index in [2.05, 4.69) is 4.74 Å². The van der Waals surface area contributed by atoms with Gasteiger partial charge in [-0.2, -0.15) is 21.6 Å². The number of halogens is 4. The van der Waals surface area contributed by atoms with Gasteiger partial charge in [-0.1, -0.05) is 0 Å². The topological polar surface area (TPSA) is 107 Å². The molecule has 0 fully saturated rings. The van der Waals surface area contributed by atoms with Crippen molar-refractivity contribution in [3.05, 3.63) is 29.6 Å². The van der Waals surface area contributed by atoms with Crippen LogP contribution in [0.15, 0.2) is 18.2 Å². The predicted octanol–water partition coefficient (Wildman–Crippen LogP) is 1.38. The highest BCUT2D eigenvalue weighted by molar-refractivity contribution is 7.85. The van der Waals surface area contributed by atoms with Crippen LogP contribution in [-0.4, -0.2) is 37.0 Å². The van der Waals surface area contributed by atoms with E-state index in [0.29, 0.717) is 6.07 Å². The Kier molecular flexibility index (Phi) is 4.79. The molecular weight excluding hydrogens is 322 g/mol. The van der Waals surface area contributed by atoms with Crippen LogP contribution >= 0.6 is 0 Å². The molecule has 0 aliphatic heterocycles. The van der Waals surface area contributed by atoms with Crippen molar-refractivity contribution in [2.75, 3.05) is 11.5 Å². The number of alkyl halides is 3. The summed E-state index contributed by atoms with van der Waals surface area (Å²) in [6.07, 6.45) is -8.35. The molecule has 0 heterocycles. The Morgan fingerprint density at radius 3 is 2.43 bits per heavy atom. The van der Waals surface area contributed by atoms with E-state index in [-0.39, 0.29) is 5.69 Å². The minimum Gasteiger partial charge on any atom is -0.448 e. The number of hydrogen-bond acceptors (Lipinski definition) is 5. The summed E-state index contributed by atoms with van der Waals surface area (Å²) < 4.78 is 84.0. The molecule has 0 radical (unpaired) electrons. The molecule has 0 aliphatic carbocycles. The van der Waals surface area contributed by atoms with Crippen LogP contribution in [0.1, 0.15) is 10.4 Å². The number of ether oxygens (including phenoxy) is 1. The quantitative estimate of drug-likeness (QED) is 0.374. The molecular formula is C10H9F4NO5S. The normalized spacial score (nSPS) is 13.8. The maximum absolute atomic E-state index is 12.9. The van der Waals surface area contributed by atoms with E-state index in [1.54, 1.807) is 0 Å². The van der Waals surface area contributed by atoms with Crippen LogP contribution in [0, 0.1) is 5.82 Å². The van der Waals surface area contributed by atoms with E-state index in [1.807, 2.05) is 0 Å². The summed E-state index contributed by atoms with van der Waals surface area (Å²) in [5, 5.41) is 0. The van der Waals surface area contributed by atoms with Crippen LogP contribution in [0.25, 0.3) is 0 Å². The number of carbonyl (C=O) groups is 1. The summed E-state index contributed by atoms with van der Waals surface area (Å²) in [6.45, 7) is 0. The average Bonchev–Trinajstić information content (AvgIpc) is 2.28. The molecule has 0 spiro atoms. The van der Waals surface area contributed by atoms with Crippen LogP contribution in [0.5, 0.6) is 0 Å². The van der Waals surface area contributed by atoms with E-state index in [9.17, 15) is 30.8 Å². The molecule has 0 bridgehead atoms. The first-order valence-corrected chi connectivity index (χ1v) is 6.79. The minimum atomic E-state index is -5.24. The minimum absolute atomic E-state index is 0.353. The monoisotopic (exact) mass is 331 g/mol. The van der Waals surface area contributed by atoms with Crippen LogP contribution in [-0.2, 0) is 14.9 Å². The first-order valence-electron chi connectivity index (χ1n) is 5.18. The van der Waals surface area contributed by atoms with Crippen LogP contribution < -0.4 is 5.73 Å². The standard InChI is InChI=1S/C10H9F4NO5S/c11-5-1-2-7(15)6(3-5)9(16)20-8(10(12,13)14)4-21(17,18)19/h1-3,8H,4,15H2,(H,17,18,19). The second kappa shape index (κ2) is 5.85. The molecule has 11 heteroatoms. The predicted molar refractivity (Wildman–Crippen MR) is 62.5 cm³/mol. The molecule has 21 heavy (non-hydrogen) atoms. The van der Waals surface area contributed by atoms with Crippen LogP contribution in [0.2, 0.25) is 0 Å². The van der Waals surface area contributed by atoms with Crippen LogP contribution in [0.3, 0.4) is 0 Å². The smallest absolute Gasteiger partial charge is 0.426 e. The molecule has 0 aliphatic rings. The Morgan fingerprint density at radius 1 is 1.38 bits per heavy atom. The van der Waals surface area contributed by atoms with Gasteiger partial charge < -0.3 is 10.5 Å².